The quantitative estimate of drug-likeness (QED) is 0.797. The second kappa shape index (κ2) is 6.25. The molecule has 1 N–H and O–H groups in total. The van der Waals surface area contributed by atoms with Crippen molar-refractivity contribution in [3.63, 3.8) is 0 Å². The van der Waals surface area contributed by atoms with Crippen LogP contribution in [0.1, 0.15) is 66.2 Å². The summed E-state index contributed by atoms with van der Waals surface area (Å²) >= 11 is 0. The standard InChI is InChI=1S/C16H31NO2/c1-6-16(7-2,14(18)19)12-17(5)13-8-10-15(3,4)11-9-13/h13H,6-12H2,1-5H3,(H,18,19). The van der Waals surface area contributed by atoms with Crippen LogP contribution < -0.4 is 0 Å². The molecule has 0 unspecified atom stereocenters. The van der Waals surface area contributed by atoms with Crippen LogP contribution >= 0.6 is 0 Å². The van der Waals surface area contributed by atoms with Gasteiger partial charge in [0.05, 0.1) is 5.41 Å². The zero-order valence-corrected chi connectivity index (χ0v) is 13.3. The molecule has 0 aromatic rings. The van der Waals surface area contributed by atoms with Gasteiger partial charge in [-0.2, -0.15) is 0 Å². The molecule has 1 fully saturated rings. The molecule has 112 valence electrons. The number of carboxylic acid groups (broad SMARTS) is 1. The Morgan fingerprint density at radius 3 is 2.11 bits per heavy atom. The van der Waals surface area contributed by atoms with Crippen LogP contribution in [0.15, 0.2) is 0 Å². The minimum Gasteiger partial charge on any atom is -0.481 e. The molecule has 3 nitrogen and oxygen atoms in total. The van der Waals surface area contributed by atoms with Crippen LogP contribution in [0.2, 0.25) is 0 Å². The van der Waals surface area contributed by atoms with Crippen LogP contribution in [0, 0.1) is 10.8 Å². The van der Waals surface area contributed by atoms with Crippen molar-refractivity contribution in [3.8, 4) is 0 Å². The number of hydrogen-bond donors (Lipinski definition) is 1. The highest BCUT2D eigenvalue weighted by atomic mass is 16.4. The monoisotopic (exact) mass is 269 g/mol. The van der Waals surface area contributed by atoms with Crippen molar-refractivity contribution >= 4 is 5.97 Å². The zero-order chi connectivity index (χ0) is 14.7. The number of hydrogen-bond acceptors (Lipinski definition) is 2. The van der Waals surface area contributed by atoms with Gasteiger partial charge in [0.25, 0.3) is 0 Å². The Balaban J connectivity index is 2.63. The molecule has 0 amide bonds. The largest absolute Gasteiger partial charge is 0.481 e. The topological polar surface area (TPSA) is 40.5 Å². The highest BCUT2D eigenvalue weighted by molar-refractivity contribution is 5.74. The summed E-state index contributed by atoms with van der Waals surface area (Å²) in [5.41, 5.74) is -0.0988. The van der Waals surface area contributed by atoms with Gasteiger partial charge in [-0.15, -0.1) is 0 Å². The number of carboxylic acids is 1. The van der Waals surface area contributed by atoms with E-state index < -0.39 is 11.4 Å². The van der Waals surface area contributed by atoms with Crippen LogP contribution in [-0.2, 0) is 4.79 Å². The van der Waals surface area contributed by atoms with Gasteiger partial charge in [-0.25, -0.2) is 0 Å². The molecule has 0 heterocycles. The SMILES string of the molecule is CCC(CC)(CN(C)C1CCC(C)(C)CC1)C(=O)O. The molecule has 1 saturated carbocycles. The summed E-state index contributed by atoms with van der Waals surface area (Å²) in [6, 6.07) is 0.560. The highest BCUT2D eigenvalue weighted by Crippen LogP contribution is 2.38. The van der Waals surface area contributed by atoms with Gasteiger partial charge in [0.15, 0.2) is 0 Å². The molecular formula is C16H31NO2. The number of carbonyl (C=O) groups is 1. The van der Waals surface area contributed by atoms with E-state index >= 15 is 0 Å². The average Bonchev–Trinajstić information content (AvgIpc) is 2.35. The number of aliphatic carboxylic acids is 1. The number of rotatable bonds is 6. The van der Waals surface area contributed by atoms with Crippen molar-refractivity contribution in [2.45, 2.75) is 72.3 Å². The molecular weight excluding hydrogens is 238 g/mol. The van der Waals surface area contributed by atoms with Crippen molar-refractivity contribution in [2.75, 3.05) is 13.6 Å². The van der Waals surface area contributed by atoms with Crippen LogP contribution in [0.3, 0.4) is 0 Å². The third-order valence-corrected chi connectivity index (χ3v) is 5.29. The van der Waals surface area contributed by atoms with Crippen molar-refractivity contribution in [1.82, 2.24) is 4.90 Å². The van der Waals surface area contributed by atoms with Crippen LogP contribution in [0.4, 0.5) is 0 Å². The Morgan fingerprint density at radius 2 is 1.74 bits per heavy atom. The summed E-state index contributed by atoms with van der Waals surface area (Å²) in [5, 5.41) is 9.53. The van der Waals surface area contributed by atoms with E-state index in [1.807, 2.05) is 13.8 Å². The molecule has 0 saturated heterocycles. The zero-order valence-electron chi connectivity index (χ0n) is 13.3. The minimum atomic E-state index is -0.638. The van der Waals surface area contributed by atoms with Crippen molar-refractivity contribution in [2.24, 2.45) is 10.8 Å². The Bertz CT molecular complexity index is 298. The maximum atomic E-state index is 11.6. The average molecular weight is 269 g/mol. The molecule has 0 radical (unpaired) electrons. The lowest BCUT2D eigenvalue weighted by molar-refractivity contribution is -0.151. The molecule has 0 spiro atoms. The maximum absolute atomic E-state index is 11.6. The first-order valence-corrected chi connectivity index (χ1v) is 7.70. The smallest absolute Gasteiger partial charge is 0.310 e. The van der Waals surface area contributed by atoms with Crippen molar-refractivity contribution < 1.29 is 9.90 Å². The molecule has 19 heavy (non-hydrogen) atoms. The van der Waals surface area contributed by atoms with Gasteiger partial charge < -0.3 is 10.0 Å². The Labute approximate surface area is 118 Å². The van der Waals surface area contributed by atoms with Gasteiger partial charge in [0.2, 0.25) is 0 Å². The lowest BCUT2D eigenvalue weighted by atomic mass is 9.74. The molecule has 0 bridgehead atoms. The fourth-order valence-corrected chi connectivity index (χ4v) is 3.28. The molecule has 1 aliphatic rings. The fraction of sp³-hybridized carbons (Fsp3) is 0.938. The van der Waals surface area contributed by atoms with Gasteiger partial charge >= 0.3 is 5.97 Å². The second-order valence-electron chi connectivity index (χ2n) is 7.10. The number of nitrogens with zero attached hydrogens (tertiary/aromatic N) is 1. The predicted molar refractivity (Wildman–Crippen MR) is 79.3 cm³/mol. The first kappa shape index (κ1) is 16.5. The summed E-state index contributed by atoms with van der Waals surface area (Å²) in [7, 11) is 2.10. The summed E-state index contributed by atoms with van der Waals surface area (Å²) in [6.45, 7) is 9.34. The first-order valence-electron chi connectivity index (χ1n) is 7.70. The Hall–Kier alpha value is -0.570. The van der Waals surface area contributed by atoms with Gasteiger partial charge in [-0.3, -0.25) is 4.79 Å². The van der Waals surface area contributed by atoms with E-state index in [4.69, 9.17) is 0 Å². The van der Waals surface area contributed by atoms with E-state index in [0.29, 0.717) is 30.8 Å². The van der Waals surface area contributed by atoms with Crippen LogP contribution in [0.25, 0.3) is 0 Å². The Morgan fingerprint density at radius 1 is 1.26 bits per heavy atom. The van der Waals surface area contributed by atoms with Gasteiger partial charge in [-0.05, 0) is 51.0 Å². The van der Waals surface area contributed by atoms with Crippen molar-refractivity contribution in [1.29, 1.82) is 0 Å². The third-order valence-electron chi connectivity index (χ3n) is 5.29. The van der Waals surface area contributed by atoms with E-state index in [0.717, 1.165) is 0 Å². The minimum absolute atomic E-state index is 0.469. The second-order valence-corrected chi connectivity index (χ2v) is 7.10. The molecule has 0 aromatic carbocycles. The van der Waals surface area contributed by atoms with Crippen LogP contribution in [-0.4, -0.2) is 35.6 Å². The summed E-state index contributed by atoms with van der Waals surface area (Å²) in [6.07, 6.45) is 6.32. The van der Waals surface area contributed by atoms with Crippen LogP contribution in [0.5, 0.6) is 0 Å². The fourth-order valence-electron chi connectivity index (χ4n) is 3.28. The summed E-state index contributed by atoms with van der Waals surface area (Å²) < 4.78 is 0. The predicted octanol–water partition coefficient (Wildman–Crippen LogP) is 3.78. The third kappa shape index (κ3) is 3.95. The molecule has 1 rings (SSSR count). The highest BCUT2D eigenvalue weighted by Gasteiger charge is 2.38. The van der Waals surface area contributed by atoms with Crippen molar-refractivity contribution in [3.05, 3.63) is 0 Å². The van der Waals surface area contributed by atoms with Gasteiger partial charge in [-0.1, -0.05) is 27.7 Å². The maximum Gasteiger partial charge on any atom is 0.310 e. The van der Waals surface area contributed by atoms with E-state index in [-0.39, 0.29) is 0 Å². The normalized spacial score (nSPS) is 20.7. The van der Waals surface area contributed by atoms with Gasteiger partial charge in [0.1, 0.15) is 0 Å². The first-order chi connectivity index (χ1) is 8.76. The summed E-state index contributed by atoms with van der Waals surface area (Å²) in [5.74, 6) is -0.638. The van der Waals surface area contributed by atoms with E-state index in [1.165, 1.54) is 25.7 Å². The molecule has 3 heteroatoms. The lowest BCUT2D eigenvalue weighted by Gasteiger charge is -2.41. The Kier molecular flexibility index (Phi) is 5.43. The van der Waals surface area contributed by atoms with Gasteiger partial charge in [0, 0.05) is 12.6 Å². The lowest BCUT2D eigenvalue weighted by Crippen LogP contribution is -2.46. The molecule has 0 aliphatic heterocycles. The molecule has 0 aromatic heterocycles. The molecule has 1 aliphatic carbocycles. The van der Waals surface area contributed by atoms with E-state index in [9.17, 15) is 9.90 Å². The van der Waals surface area contributed by atoms with E-state index in [1.54, 1.807) is 0 Å². The molecule has 0 atom stereocenters. The summed E-state index contributed by atoms with van der Waals surface area (Å²) in [4.78, 5) is 13.9. The van der Waals surface area contributed by atoms with E-state index in [2.05, 4.69) is 25.8 Å².